The first-order chi connectivity index (χ1) is 20.1. The lowest BCUT2D eigenvalue weighted by Gasteiger charge is -2.16. The van der Waals surface area contributed by atoms with Gasteiger partial charge in [0.15, 0.2) is 12.4 Å². The molecule has 0 atom stereocenters. The number of nitrogen functional groups attached to an aromatic ring is 1. The van der Waals surface area contributed by atoms with E-state index in [-0.39, 0.29) is 23.2 Å². The van der Waals surface area contributed by atoms with Crippen LogP contribution in [0.4, 0.5) is 5.82 Å². The second-order valence-corrected chi connectivity index (χ2v) is 9.40. The summed E-state index contributed by atoms with van der Waals surface area (Å²) in [7, 11) is 1.08. The molecule has 3 aromatic carbocycles. The summed E-state index contributed by atoms with van der Waals surface area (Å²) in [6.45, 7) is -1.83. The SMILES string of the molecule is COC(=O)Cn1c(=O)c(C(=O)COC(=O)c2ccccc2C(=O)c2ccc(Cl)cc2)c(N)n(Cc2ccccc2)c1=O. The van der Waals surface area contributed by atoms with E-state index >= 15 is 0 Å². The van der Waals surface area contributed by atoms with Crippen molar-refractivity contribution in [2.75, 3.05) is 19.5 Å². The highest BCUT2D eigenvalue weighted by Crippen LogP contribution is 2.18. The van der Waals surface area contributed by atoms with Crippen LogP contribution in [0.1, 0.15) is 42.2 Å². The summed E-state index contributed by atoms with van der Waals surface area (Å²) >= 11 is 5.90. The number of nitrogens with two attached hydrogens (primary N) is 1. The van der Waals surface area contributed by atoms with Gasteiger partial charge in [-0.2, -0.15) is 0 Å². The van der Waals surface area contributed by atoms with Crippen LogP contribution in [0.25, 0.3) is 0 Å². The van der Waals surface area contributed by atoms with Gasteiger partial charge in [0.2, 0.25) is 5.78 Å². The van der Waals surface area contributed by atoms with Crippen LogP contribution in [0, 0.1) is 0 Å². The zero-order valence-electron chi connectivity index (χ0n) is 22.2. The molecule has 4 aromatic rings. The van der Waals surface area contributed by atoms with Crippen LogP contribution >= 0.6 is 11.6 Å². The van der Waals surface area contributed by atoms with Crippen LogP contribution in [0.3, 0.4) is 0 Å². The van der Waals surface area contributed by atoms with Crippen molar-refractivity contribution in [1.29, 1.82) is 0 Å². The van der Waals surface area contributed by atoms with Gasteiger partial charge < -0.3 is 15.2 Å². The summed E-state index contributed by atoms with van der Waals surface area (Å²) in [6, 6.07) is 20.5. The molecule has 0 spiro atoms. The Hall–Kier alpha value is -5.29. The number of esters is 2. The van der Waals surface area contributed by atoms with E-state index in [1.807, 2.05) is 0 Å². The Morgan fingerprint density at radius 3 is 2.10 bits per heavy atom. The molecular formula is C30H24ClN3O8. The highest BCUT2D eigenvalue weighted by Gasteiger charge is 2.26. The van der Waals surface area contributed by atoms with Crippen molar-refractivity contribution < 1.29 is 28.7 Å². The fourth-order valence-corrected chi connectivity index (χ4v) is 4.25. The summed E-state index contributed by atoms with van der Waals surface area (Å²) in [6.07, 6.45) is 0. The van der Waals surface area contributed by atoms with Crippen molar-refractivity contribution in [1.82, 2.24) is 9.13 Å². The van der Waals surface area contributed by atoms with Crippen molar-refractivity contribution >= 4 is 40.9 Å². The molecule has 0 unspecified atom stereocenters. The summed E-state index contributed by atoms with van der Waals surface area (Å²) < 4.78 is 11.3. The molecule has 11 nitrogen and oxygen atoms in total. The zero-order chi connectivity index (χ0) is 30.4. The zero-order valence-corrected chi connectivity index (χ0v) is 23.0. The van der Waals surface area contributed by atoms with Crippen LogP contribution in [-0.4, -0.2) is 46.4 Å². The third-order valence-corrected chi connectivity index (χ3v) is 6.53. The van der Waals surface area contributed by atoms with Gasteiger partial charge in [-0.3, -0.25) is 23.7 Å². The second-order valence-electron chi connectivity index (χ2n) is 8.96. The number of Topliss-reactive ketones (excluding diaryl/α,β-unsaturated/α-hetero) is 1. The van der Waals surface area contributed by atoms with Gasteiger partial charge in [0.25, 0.3) is 5.56 Å². The van der Waals surface area contributed by atoms with E-state index < -0.39 is 59.3 Å². The third kappa shape index (κ3) is 6.37. The van der Waals surface area contributed by atoms with Crippen LogP contribution < -0.4 is 17.0 Å². The van der Waals surface area contributed by atoms with Gasteiger partial charge in [-0.25, -0.2) is 14.2 Å². The number of anilines is 1. The molecule has 0 saturated heterocycles. The van der Waals surface area contributed by atoms with Crippen LogP contribution in [0.2, 0.25) is 5.02 Å². The maximum Gasteiger partial charge on any atom is 0.339 e. The van der Waals surface area contributed by atoms with E-state index in [1.165, 1.54) is 42.5 Å². The molecular weight excluding hydrogens is 566 g/mol. The van der Waals surface area contributed by atoms with Gasteiger partial charge in [0, 0.05) is 16.1 Å². The molecule has 0 aliphatic heterocycles. The van der Waals surface area contributed by atoms with Gasteiger partial charge in [-0.15, -0.1) is 0 Å². The number of halogens is 1. The minimum atomic E-state index is -1.15. The Labute approximate surface area is 243 Å². The van der Waals surface area contributed by atoms with E-state index in [9.17, 15) is 28.8 Å². The van der Waals surface area contributed by atoms with E-state index in [0.29, 0.717) is 15.2 Å². The van der Waals surface area contributed by atoms with Gasteiger partial charge in [-0.05, 0) is 35.9 Å². The summed E-state index contributed by atoms with van der Waals surface area (Å²) in [5, 5.41) is 0.429. The molecule has 1 heterocycles. The number of hydrogen-bond donors (Lipinski definition) is 1. The van der Waals surface area contributed by atoms with Crippen molar-refractivity contribution in [3.05, 3.63) is 133 Å². The van der Waals surface area contributed by atoms with E-state index in [4.69, 9.17) is 22.1 Å². The number of hydrogen-bond acceptors (Lipinski definition) is 9. The number of ketones is 2. The maximum absolute atomic E-state index is 13.2. The quantitative estimate of drug-likeness (QED) is 0.217. The minimum Gasteiger partial charge on any atom is -0.468 e. The highest BCUT2D eigenvalue weighted by atomic mass is 35.5. The van der Waals surface area contributed by atoms with Gasteiger partial charge >= 0.3 is 17.6 Å². The predicted molar refractivity (Wildman–Crippen MR) is 153 cm³/mol. The molecule has 214 valence electrons. The van der Waals surface area contributed by atoms with Gasteiger partial charge in [0.1, 0.15) is 17.9 Å². The van der Waals surface area contributed by atoms with Gasteiger partial charge in [0.05, 0.1) is 19.2 Å². The molecule has 1 aromatic heterocycles. The molecule has 4 rings (SSSR count). The number of carbonyl (C=O) groups is 4. The normalized spacial score (nSPS) is 10.6. The van der Waals surface area contributed by atoms with Crippen molar-refractivity contribution in [2.45, 2.75) is 13.1 Å². The lowest BCUT2D eigenvalue weighted by atomic mass is 9.98. The Morgan fingerprint density at radius 2 is 1.45 bits per heavy atom. The number of methoxy groups -OCH3 is 1. The lowest BCUT2D eigenvalue weighted by Crippen LogP contribution is -2.46. The Kier molecular flexibility index (Phi) is 9.13. The number of nitrogens with zero attached hydrogens (tertiary/aromatic N) is 2. The van der Waals surface area contributed by atoms with E-state index in [1.54, 1.807) is 36.4 Å². The first kappa shape index (κ1) is 29.7. The number of ether oxygens (including phenoxy) is 2. The van der Waals surface area contributed by atoms with Crippen molar-refractivity contribution in [3.63, 3.8) is 0 Å². The average molecular weight is 590 g/mol. The fraction of sp³-hybridized carbons (Fsp3) is 0.133. The first-order valence-corrected chi connectivity index (χ1v) is 12.8. The molecule has 42 heavy (non-hydrogen) atoms. The fourth-order valence-electron chi connectivity index (χ4n) is 4.13. The largest absolute Gasteiger partial charge is 0.468 e. The Morgan fingerprint density at radius 1 is 0.833 bits per heavy atom. The van der Waals surface area contributed by atoms with E-state index in [0.717, 1.165) is 11.7 Å². The number of benzene rings is 3. The van der Waals surface area contributed by atoms with Crippen molar-refractivity contribution in [2.24, 2.45) is 0 Å². The lowest BCUT2D eigenvalue weighted by molar-refractivity contribution is -0.141. The smallest absolute Gasteiger partial charge is 0.339 e. The average Bonchev–Trinajstić information content (AvgIpc) is 3.00. The molecule has 2 N–H and O–H groups in total. The molecule has 0 amide bonds. The van der Waals surface area contributed by atoms with Crippen LogP contribution in [-0.2, 0) is 27.4 Å². The van der Waals surface area contributed by atoms with Crippen LogP contribution in [0.5, 0.6) is 0 Å². The summed E-state index contributed by atoms with van der Waals surface area (Å²) in [5.41, 5.74) is 4.22. The third-order valence-electron chi connectivity index (χ3n) is 6.28. The van der Waals surface area contributed by atoms with Crippen LogP contribution in [0.15, 0.2) is 88.5 Å². The van der Waals surface area contributed by atoms with Crippen molar-refractivity contribution in [3.8, 4) is 0 Å². The van der Waals surface area contributed by atoms with Gasteiger partial charge in [-0.1, -0.05) is 60.1 Å². The molecule has 0 bridgehead atoms. The Bertz CT molecular complexity index is 1790. The molecule has 0 saturated carbocycles. The Balaban J connectivity index is 1.65. The standard InChI is InChI=1S/C30H24ClN3O8/c1-41-24(36)16-34-28(38)25(27(32)33(30(34)40)15-18-7-3-2-4-8-18)23(35)17-42-29(39)22-10-6-5-9-21(22)26(37)19-11-13-20(31)14-12-19/h2-14H,15-17,32H2,1H3. The number of carbonyl (C=O) groups excluding carboxylic acids is 4. The molecule has 0 aliphatic carbocycles. The number of rotatable bonds is 10. The summed E-state index contributed by atoms with van der Waals surface area (Å²) in [4.78, 5) is 77.6. The number of aromatic nitrogens is 2. The minimum absolute atomic E-state index is 0.0219. The topological polar surface area (TPSA) is 157 Å². The second kappa shape index (κ2) is 12.9. The molecule has 0 aliphatic rings. The monoisotopic (exact) mass is 589 g/mol. The maximum atomic E-state index is 13.2. The predicted octanol–water partition coefficient (Wildman–Crippen LogP) is 2.74. The molecule has 12 heteroatoms. The highest BCUT2D eigenvalue weighted by molar-refractivity contribution is 6.30. The molecule has 0 radical (unpaired) electrons. The van der Waals surface area contributed by atoms with E-state index in [2.05, 4.69) is 4.74 Å². The first-order valence-electron chi connectivity index (χ1n) is 12.5. The molecule has 0 fully saturated rings. The summed E-state index contributed by atoms with van der Waals surface area (Å²) in [5.74, 6) is -3.88.